The third kappa shape index (κ3) is 8.33. The summed E-state index contributed by atoms with van der Waals surface area (Å²) in [6.45, 7) is 7.13. The first-order chi connectivity index (χ1) is 9.28. The molecule has 4 N–H and O–H groups in total. The molecule has 1 aromatic rings. The SMILES string of the molecule is CC(C)(C)NC(N)=NCCNc1ccc([N+](=O)[O-])cc1.I. The van der Waals surface area contributed by atoms with Crippen LogP contribution in [0.15, 0.2) is 29.3 Å². The van der Waals surface area contributed by atoms with Crippen molar-refractivity contribution in [3.8, 4) is 0 Å². The van der Waals surface area contributed by atoms with Gasteiger partial charge in [-0.1, -0.05) is 0 Å². The van der Waals surface area contributed by atoms with Gasteiger partial charge in [0.25, 0.3) is 5.69 Å². The van der Waals surface area contributed by atoms with Crippen LogP contribution in [0.3, 0.4) is 0 Å². The second-order valence-corrected chi connectivity index (χ2v) is 5.37. The molecule has 0 unspecified atom stereocenters. The van der Waals surface area contributed by atoms with E-state index in [4.69, 9.17) is 5.73 Å². The Morgan fingerprint density at radius 1 is 1.33 bits per heavy atom. The fourth-order valence-corrected chi connectivity index (χ4v) is 1.50. The van der Waals surface area contributed by atoms with Gasteiger partial charge in [-0.2, -0.15) is 0 Å². The van der Waals surface area contributed by atoms with Crippen molar-refractivity contribution in [3.05, 3.63) is 34.4 Å². The highest BCUT2D eigenvalue weighted by atomic mass is 127. The van der Waals surface area contributed by atoms with Crippen LogP contribution in [0.25, 0.3) is 0 Å². The Balaban J connectivity index is 0.00000400. The molecule has 118 valence electrons. The van der Waals surface area contributed by atoms with Gasteiger partial charge < -0.3 is 16.4 Å². The minimum absolute atomic E-state index is 0. The second-order valence-electron chi connectivity index (χ2n) is 5.37. The normalized spacial score (nSPS) is 11.5. The van der Waals surface area contributed by atoms with Crippen molar-refractivity contribution in [2.45, 2.75) is 26.3 Å². The largest absolute Gasteiger partial charge is 0.383 e. The number of non-ortho nitro benzene ring substituents is 1. The second kappa shape index (κ2) is 8.65. The first-order valence-electron chi connectivity index (χ1n) is 6.34. The quantitative estimate of drug-likeness (QED) is 0.174. The molecule has 0 heterocycles. The number of rotatable bonds is 5. The predicted octanol–water partition coefficient (Wildman–Crippen LogP) is 2.33. The van der Waals surface area contributed by atoms with Crippen LogP contribution >= 0.6 is 24.0 Å². The number of nitro groups is 1. The molecule has 0 fully saturated rings. The zero-order valence-corrected chi connectivity index (χ0v) is 14.8. The van der Waals surface area contributed by atoms with Gasteiger partial charge in [0.15, 0.2) is 5.96 Å². The number of nitrogens with two attached hydrogens (primary N) is 1. The van der Waals surface area contributed by atoms with Crippen molar-refractivity contribution >= 4 is 41.3 Å². The summed E-state index contributed by atoms with van der Waals surface area (Å²) in [5.74, 6) is 0.406. The summed E-state index contributed by atoms with van der Waals surface area (Å²) in [6.07, 6.45) is 0. The molecule has 7 nitrogen and oxygen atoms in total. The fraction of sp³-hybridized carbons (Fsp3) is 0.462. The first kappa shape index (κ1) is 19.4. The van der Waals surface area contributed by atoms with Crippen molar-refractivity contribution in [1.82, 2.24) is 5.32 Å². The molecule has 0 aromatic heterocycles. The molecule has 0 amide bonds. The van der Waals surface area contributed by atoms with Gasteiger partial charge in [0, 0.05) is 29.9 Å². The maximum absolute atomic E-state index is 10.5. The Kier molecular flexibility index (Phi) is 8.00. The third-order valence-corrected chi connectivity index (χ3v) is 2.30. The molecule has 1 aromatic carbocycles. The number of guanidine groups is 1. The lowest BCUT2D eigenvalue weighted by Crippen LogP contribution is -2.45. The van der Waals surface area contributed by atoms with E-state index in [1.807, 2.05) is 20.8 Å². The van der Waals surface area contributed by atoms with Crippen LogP contribution in [-0.4, -0.2) is 29.5 Å². The lowest BCUT2D eigenvalue weighted by atomic mass is 10.1. The van der Waals surface area contributed by atoms with Crippen LogP contribution in [0.1, 0.15) is 20.8 Å². The van der Waals surface area contributed by atoms with E-state index < -0.39 is 4.92 Å². The minimum Gasteiger partial charge on any atom is -0.383 e. The Hall–Kier alpha value is -1.58. The lowest BCUT2D eigenvalue weighted by molar-refractivity contribution is -0.384. The maximum atomic E-state index is 10.5. The Morgan fingerprint density at radius 3 is 2.38 bits per heavy atom. The summed E-state index contributed by atoms with van der Waals surface area (Å²) >= 11 is 0. The maximum Gasteiger partial charge on any atom is 0.269 e. The van der Waals surface area contributed by atoms with Crippen LogP contribution in [-0.2, 0) is 0 Å². The van der Waals surface area contributed by atoms with Crippen LogP contribution in [0.2, 0.25) is 0 Å². The standard InChI is InChI=1S/C13H21N5O2.HI/c1-13(2,3)17-12(14)16-9-8-15-10-4-6-11(7-5-10)18(19)20;/h4-7,15H,8-9H2,1-3H3,(H3,14,16,17);1H. The summed E-state index contributed by atoms with van der Waals surface area (Å²) in [6, 6.07) is 6.25. The van der Waals surface area contributed by atoms with E-state index in [1.165, 1.54) is 12.1 Å². The van der Waals surface area contributed by atoms with Crippen LogP contribution < -0.4 is 16.4 Å². The van der Waals surface area contributed by atoms with E-state index in [9.17, 15) is 10.1 Å². The summed E-state index contributed by atoms with van der Waals surface area (Å²) in [7, 11) is 0. The Morgan fingerprint density at radius 2 is 1.90 bits per heavy atom. The van der Waals surface area contributed by atoms with E-state index in [2.05, 4.69) is 15.6 Å². The lowest BCUT2D eigenvalue weighted by Gasteiger charge is -2.21. The minimum atomic E-state index is -0.424. The molecule has 0 aliphatic rings. The van der Waals surface area contributed by atoms with Gasteiger partial charge in [0.2, 0.25) is 0 Å². The van der Waals surface area contributed by atoms with Gasteiger partial charge >= 0.3 is 0 Å². The summed E-state index contributed by atoms with van der Waals surface area (Å²) in [5.41, 5.74) is 6.51. The molecule has 0 aliphatic heterocycles. The molecular weight excluding hydrogens is 385 g/mol. The number of anilines is 1. The molecule has 0 atom stereocenters. The number of halogens is 1. The van der Waals surface area contributed by atoms with E-state index in [0.29, 0.717) is 19.0 Å². The van der Waals surface area contributed by atoms with Gasteiger partial charge in [0.05, 0.1) is 11.5 Å². The molecule has 0 radical (unpaired) electrons. The van der Waals surface area contributed by atoms with E-state index in [0.717, 1.165) is 5.69 Å². The predicted molar refractivity (Wildman–Crippen MR) is 96.4 cm³/mol. The number of nitro benzene ring substituents is 1. The number of nitrogens with zero attached hydrogens (tertiary/aromatic N) is 2. The monoisotopic (exact) mass is 407 g/mol. The topological polar surface area (TPSA) is 106 Å². The zero-order chi connectivity index (χ0) is 15.2. The number of nitrogens with one attached hydrogen (secondary N) is 2. The summed E-state index contributed by atoms with van der Waals surface area (Å²) in [5, 5.41) is 16.7. The highest BCUT2D eigenvalue weighted by molar-refractivity contribution is 14.0. The highest BCUT2D eigenvalue weighted by Gasteiger charge is 2.09. The van der Waals surface area contributed by atoms with Gasteiger partial charge in [-0.3, -0.25) is 15.1 Å². The molecule has 0 bridgehead atoms. The van der Waals surface area contributed by atoms with Crippen LogP contribution in [0.4, 0.5) is 11.4 Å². The van der Waals surface area contributed by atoms with E-state index in [-0.39, 0.29) is 35.2 Å². The van der Waals surface area contributed by atoms with E-state index >= 15 is 0 Å². The van der Waals surface area contributed by atoms with Gasteiger partial charge in [-0.05, 0) is 32.9 Å². The average molecular weight is 407 g/mol. The molecule has 1 rings (SSSR count). The smallest absolute Gasteiger partial charge is 0.269 e. The van der Waals surface area contributed by atoms with Gasteiger partial charge in [-0.25, -0.2) is 0 Å². The molecule has 0 saturated heterocycles. The Labute approximate surface area is 141 Å². The molecule has 0 aliphatic carbocycles. The zero-order valence-electron chi connectivity index (χ0n) is 12.4. The average Bonchev–Trinajstić information content (AvgIpc) is 2.33. The van der Waals surface area contributed by atoms with Gasteiger partial charge in [-0.15, -0.1) is 24.0 Å². The number of benzene rings is 1. The first-order valence-corrected chi connectivity index (χ1v) is 6.34. The molecular formula is C13H22IN5O2. The molecule has 21 heavy (non-hydrogen) atoms. The third-order valence-electron chi connectivity index (χ3n) is 2.30. The number of hydrogen-bond acceptors (Lipinski definition) is 4. The number of aliphatic imine (C=N–C) groups is 1. The Bertz CT molecular complexity index is 482. The summed E-state index contributed by atoms with van der Waals surface area (Å²) in [4.78, 5) is 14.3. The molecule has 0 spiro atoms. The van der Waals surface area contributed by atoms with E-state index in [1.54, 1.807) is 12.1 Å². The van der Waals surface area contributed by atoms with Crippen LogP contribution in [0.5, 0.6) is 0 Å². The van der Waals surface area contributed by atoms with Gasteiger partial charge in [0.1, 0.15) is 0 Å². The van der Waals surface area contributed by atoms with Crippen LogP contribution in [0, 0.1) is 10.1 Å². The highest BCUT2D eigenvalue weighted by Crippen LogP contribution is 2.14. The van der Waals surface area contributed by atoms with Crippen molar-refractivity contribution in [2.75, 3.05) is 18.4 Å². The number of hydrogen-bond donors (Lipinski definition) is 3. The van der Waals surface area contributed by atoms with Crippen molar-refractivity contribution in [2.24, 2.45) is 10.7 Å². The summed E-state index contributed by atoms with van der Waals surface area (Å²) < 4.78 is 0. The molecule has 8 heteroatoms. The van der Waals surface area contributed by atoms with Crippen molar-refractivity contribution in [1.29, 1.82) is 0 Å². The molecule has 0 saturated carbocycles. The van der Waals surface area contributed by atoms with Crippen molar-refractivity contribution < 1.29 is 4.92 Å². The fourth-order valence-electron chi connectivity index (χ4n) is 1.50. The van der Waals surface area contributed by atoms with Crippen molar-refractivity contribution in [3.63, 3.8) is 0 Å².